The third-order valence-electron chi connectivity index (χ3n) is 3.45. The summed E-state index contributed by atoms with van der Waals surface area (Å²) in [5.41, 5.74) is 1.85. The van der Waals surface area contributed by atoms with Crippen molar-refractivity contribution < 1.29 is 14.3 Å². The minimum atomic E-state index is -0.528. The molecule has 9 heteroatoms. The number of likely N-dealkylation sites (tertiary alicyclic amines) is 1. The summed E-state index contributed by atoms with van der Waals surface area (Å²) in [7, 11) is 1.31. The summed E-state index contributed by atoms with van der Waals surface area (Å²) >= 11 is 1.39. The van der Waals surface area contributed by atoms with Crippen LogP contribution in [0.1, 0.15) is 17.4 Å². The molecule has 0 unspecified atom stereocenters. The van der Waals surface area contributed by atoms with Gasteiger partial charge in [0.15, 0.2) is 11.5 Å². The standard InChI is InChI=1S/C14H15N5O3S/c1-8(20)19-5-9(6-19)16-12-3-10(14(21)22-2)17-13(18-12)11-4-15-7-23-11/h3-4,7,9H,5-6H2,1-2H3,(H,16,17,18). The number of hydrogen-bond acceptors (Lipinski definition) is 8. The number of nitrogens with one attached hydrogen (secondary N) is 1. The normalized spacial score (nSPS) is 14.3. The fourth-order valence-electron chi connectivity index (χ4n) is 2.20. The van der Waals surface area contributed by atoms with Gasteiger partial charge in [-0.15, -0.1) is 11.3 Å². The number of carbonyl (C=O) groups excluding carboxylic acids is 2. The van der Waals surface area contributed by atoms with Crippen molar-refractivity contribution in [3.63, 3.8) is 0 Å². The number of esters is 1. The van der Waals surface area contributed by atoms with Gasteiger partial charge in [0.1, 0.15) is 5.82 Å². The lowest BCUT2D eigenvalue weighted by atomic mass is 10.1. The number of ether oxygens (including phenoxy) is 1. The van der Waals surface area contributed by atoms with E-state index in [2.05, 4.69) is 20.3 Å². The molecule has 0 spiro atoms. The van der Waals surface area contributed by atoms with Crippen molar-refractivity contribution in [1.82, 2.24) is 19.9 Å². The zero-order chi connectivity index (χ0) is 16.4. The van der Waals surface area contributed by atoms with E-state index in [0.29, 0.717) is 24.7 Å². The molecule has 1 N–H and O–H groups in total. The van der Waals surface area contributed by atoms with E-state index >= 15 is 0 Å². The van der Waals surface area contributed by atoms with Crippen molar-refractivity contribution in [2.45, 2.75) is 13.0 Å². The molecule has 2 aromatic heterocycles. The molecule has 8 nitrogen and oxygen atoms in total. The van der Waals surface area contributed by atoms with Gasteiger partial charge in [-0.2, -0.15) is 0 Å². The van der Waals surface area contributed by atoms with Gasteiger partial charge in [-0.3, -0.25) is 9.78 Å². The first kappa shape index (κ1) is 15.3. The van der Waals surface area contributed by atoms with Crippen LogP contribution in [-0.4, -0.2) is 58.0 Å². The summed E-state index contributed by atoms with van der Waals surface area (Å²) in [6, 6.07) is 1.65. The number of amides is 1. The number of hydrogen-bond donors (Lipinski definition) is 1. The van der Waals surface area contributed by atoms with Gasteiger partial charge in [0.25, 0.3) is 0 Å². The average Bonchev–Trinajstić information content (AvgIpc) is 3.03. The van der Waals surface area contributed by atoms with Crippen molar-refractivity contribution in [2.24, 2.45) is 0 Å². The molecule has 3 heterocycles. The lowest BCUT2D eigenvalue weighted by molar-refractivity contribution is -0.132. The molecular formula is C14H15N5O3S. The number of rotatable bonds is 4. The van der Waals surface area contributed by atoms with E-state index in [9.17, 15) is 9.59 Å². The molecule has 120 valence electrons. The molecular weight excluding hydrogens is 318 g/mol. The Hall–Kier alpha value is -2.55. The van der Waals surface area contributed by atoms with Crippen LogP contribution in [0, 0.1) is 0 Å². The Balaban J connectivity index is 1.83. The average molecular weight is 333 g/mol. The smallest absolute Gasteiger partial charge is 0.356 e. The highest BCUT2D eigenvalue weighted by Gasteiger charge is 2.29. The van der Waals surface area contributed by atoms with E-state index in [0.717, 1.165) is 4.88 Å². The summed E-state index contributed by atoms with van der Waals surface area (Å²) in [5, 5.41) is 3.22. The van der Waals surface area contributed by atoms with Crippen molar-refractivity contribution in [2.75, 3.05) is 25.5 Å². The number of aromatic nitrogens is 3. The summed E-state index contributed by atoms with van der Waals surface area (Å²) in [4.78, 5) is 38.1. The number of carbonyl (C=O) groups is 2. The zero-order valence-corrected chi connectivity index (χ0v) is 13.5. The van der Waals surface area contributed by atoms with Gasteiger partial charge in [0.05, 0.1) is 23.5 Å². The van der Waals surface area contributed by atoms with Gasteiger partial charge < -0.3 is 15.0 Å². The predicted molar refractivity (Wildman–Crippen MR) is 84.1 cm³/mol. The Kier molecular flexibility index (Phi) is 4.20. The number of anilines is 1. The van der Waals surface area contributed by atoms with Gasteiger partial charge in [0, 0.05) is 32.3 Å². The predicted octanol–water partition coefficient (Wildman–Crippen LogP) is 1.03. The molecule has 0 saturated carbocycles. The van der Waals surface area contributed by atoms with Crippen LogP contribution in [0.4, 0.5) is 5.82 Å². The first-order valence-corrected chi connectivity index (χ1v) is 7.83. The van der Waals surface area contributed by atoms with Crippen LogP contribution in [0.25, 0.3) is 10.7 Å². The molecule has 1 aliphatic rings. The first-order valence-electron chi connectivity index (χ1n) is 6.95. The molecule has 1 fully saturated rings. The Labute approximate surface area is 136 Å². The van der Waals surface area contributed by atoms with Gasteiger partial charge in [-0.1, -0.05) is 0 Å². The van der Waals surface area contributed by atoms with Crippen LogP contribution < -0.4 is 5.32 Å². The highest BCUT2D eigenvalue weighted by molar-refractivity contribution is 7.13. The lowest BCUT2D eigenvalue weighted by Crippen LogP contribution is -2.56. The van der Waals surface area contributed by atoms with E-state index in [-0.39, 0.29) is 17.6 Å². The molecule has 1 amide bonds. The Morgan fingerprint density at radius 3 is 2.78 bits per heavy atom. The molecule has 0 atom stereocenters. The Morgan fingerprint density at radius 2 is 2.17 bits per heavy atom. The second kappa shape index (κ2) is 6.29. The zero-order valence-electron chi connectivity index (χ0n) is 12.6. The summed E-state index contributed by atoms with van der Waals surface area (Å²) in [5.74, 6) is 0.462. The SMILES string of the molecule is COC(=O)c1cc(NC2CN(C(C)=O)C2)nc(-c2cncs2)n1. The highest BCUT2D eigenvalue weighted by Crippen LogP contribution is 2.23. The maximum atomic E-state index is 11.8. The van der Waals surface area contributed by atoms with Crippen LogP contribution in [0.3, 0.4) is 0 Å². The van der Waals surface area contributed by atoms with Crippen molar-refractivity contribution in [1.29, 1.82) is 0 Å². The summed E-state index contributed by atoms with van der Waals surface area (Å²) in [6.07, 6.45) is 1.64. The highest BCUT2D eigenvalue weighted by atomic mass is 32.1. The Morgan fingerprint density at radius 1 is 1.39 bits per heavy atom. The molecule has 0 aliphatic carbocycles. The topological polar surface area (TPSA) is 97.3 Å². The molecule has 1 aliphatic heterocycles. The van der Waals surface area contributed by atoms with Crippen molar-refractivity contribution >= 4 is 29.0 Å². The van der Waals surface area contributed by atoms with Crippen molar-refractivity contribution in [3.8, 4) is 10.7 Å². The van der Waals surface area contributed by atoms with Crippen molar-refractivity contribution in [3.05, 3.63) is 23.5 Å². The van der Waals surface area contributed by atoms with Crippen LogP contribution >= 0.6 is 11.3 Å². The van der Waals surface area contributed by atoms with E-state index in [1.54, 1.807) is 22.7 Å². The number of methoxy groups -OCH3 is 1. The monoisotopic (exact) mass is 333 g/mol. The summed E-state index contributed by atoms with van der Waals surface area (Å²) < 4.78 is 4.74. The van der Waals surface area contributed by atoms with E-state index in [4.69, 9.17) is 4.74 Å². The minimum Gasteiger partial charge on any atom is -0.464 e. The maximum Gasteiger partial charge on any atom is 0.356 e. The molecule has 1 saturated heterocycles. The van der Waals surface area contributed by atoms with Gasteiger partial charge >= 0.3 is 5.97 Å². The second-order valence-electron chi connectivity index (χ2n) is 5.08. The van der Waals surface area contributed by atoms with Crippen LogP contribution in [0.5, 0.6) is 0 Å². The largest absolute Gasteiger partial charge is 0.464 e. The second-order valence-corrected chi connectivity index (χ2v) is 5.97. The van der Waals surface area contributed by atoms with E-state index < -0.39 is 5.97 Å². The molecule has 0 radical (unpaired) electrons. The van der Waals surface area contributed by atoms with E-state index in [1.807, 2.05) is 0 Å². The molecule has 0 bridgehead atoms. The van der Waals surface area contributed by atoms with Crippen LogP contribution in [0.15, 0.2) is 17.8 Å². The first-order chi connectivity index (χ1) is 11.1. The third-order valence-corrected chi connectivity index (χ3v) is 4.22. The number of nitrogens with zero attached hydrogens (tertiary/aromatic N) is 4. The molecule has 2 aromatic rings. The maximum absolute atomic E-state index is 11.8. The molecule has 3 rings (SSSR count). The minimum absolute atomic E-state index is 0.0475. The van der Waals surface area contributed by atoms with Gasteiger partial charge in [0.2, 0.25) is 5.91 Å². The summed E-state index contributed by atoms with van der Waals surface area (Å²) in [6.45, 7) is 2.77. The third kappa shape index (κ3) is 3.29. The lowest BCUT2D eigenvalue weighted by Gasteiger charge is -2.39. The Bertz CT molecular complexity index is 728. The van der Waals surface area contributed by atoms with Gasteiger partial charge in [-0.05, 0) is 0 Å². The van der Waals surface area contributed by atoms with Crippen LogP contribution in [-0.2, 0) is 9.53 Å². The fourth-order valence-corrected chi connectivity index (χ4v) is 2.76. The quantitative estimate of drug-likeness (QED) is 0.835. The van der Waals surface area contributed by atoms with Gasteiger partial charge in [-0.25, -0.2) is 14.8 Å². The van der Waals surface area contributed by atoms with E-state index in [1.165, 1.54) is 25.4 Å². The van der Waals surface area contributed by atoms with Crippen LogP contribution in [0.2, 0.25) is 0 Å². The number of thiazole rings is 1. The fraction of sp³-hybridized carbons (Fsp3) is 0.357. The molecule has 23 heavy (non-hydrogen) atoms. The molecule has 0 aromatic carbocycles.